The summed E-state index contributed by atoms with van der Waals surface area (Å²) >= 11 is 0. The van der Waals surface area contributed by atoms with Gasteiger partial charge in [0.15, 0.2) is 0 Å². The third-order valence-electron chi connectivity index (χ3n) is 1.83. The van der Waals surface area contributed by atoms with Crippen LogP contribution >= 0.6 is 0 Å². The van der Waals surface area contributed by atoms with E-state index in [1.54, 1.807) is 0 Å². The summed E-state index contributed by atoms with van der Waals surface area (Å²) in [4.78, 5) is 4.06. The predicted molar refractivity (Wildman–Crippen MR) is 64.9 cm³/mol. The fourth-order valence-corrected chi connectivity index (χ4v) is 1.57. The van der Waals surface area contributed by atoms with Gasteiger partial charge in [-0.3, -0.25) is 4.99 Å². The van der Waals surface area contributed by atoms with Crippen molar-refractivity contribution in [2.24, 2.45) is 10.7 Å². The molecule has 0 atom stereocenters. The maximum absolute atomic E-state index is 10.8. The molecule has 0 aliphatic rings. The van der Waals surface area contributed by atoms with E-state index < -0.39 is 10.0 Å². The second-order valence-electron chi connectivity index (χ2n) is 3.30. The van der Waals surface area contributed by atoms with Crippen molar-refractivity contribution in [3.05, 3.63) is 35.9 Å². The van der Waals surface area contributed by atoms with E-state index in [-0.39, 0.29) is 6.54 Å². The van der Waals surface area contributed by atoms with Gasteiger partial charge in [0.05, 0.1) is 12.8 Å². The molecule has 0 heterocycles. The number of nitrogens with two attached hydrogens (primary N) is 1. The van der Waals surface area contributed by atoms with Crippen LogP contribution in [0.4, 0.5) is 0 Å². The molecule has 0 fully saturated rings. The Kier molecular flexibility index (Phi) is 4.45. The van der Waals surface area contributed by atoms with Crippen LogP contribution < -0.4 is 10.5 Å². The highest BCUT2D eigenvalue weighted by Gasteiger charge is 1.99. The molecule has 0 aliphatic heterocycles. The van der Waals surface area contributed by atoms with Crippen LogP contribution in [-0.2, 0) is 10.0 Å². The maximum atomic E-state index is 10.8. The van der Waals surface area contributed by atoms with E-state index in [1.807, 2.05) is 30.3 Å². The topological polar surface area (TPSA) is 84.5 Å². The van der Waals surface area contributed by atoms with Gasteiger partial charge in [-0.15, -0.1) is 0 Å². The third-order valence-corrected chi connectivity index (χ3v) is 2.56. The Labute approximate surface area is 95.4 Å². The quantitative estimate of drug-likeness (QED) is 0.430. The van der Waals surface area contributed by atoms with Crippen molar-refractivity contribution in [2.75, 3.05) is 19.3 Å². The fraction of sp³-hybridized carbons (Fsp3) is 0.300. The SMILES string of the molecule is CS(=O)(=O)NCCN=C(N)c1ccccc1. The molecule has 1 aromatic carbocycles. The molecule has 0 aromatic heterocycles. The minimum atomic E-state index is -3.15. The first-order valence-corrected chi connectivity index (χ1v) is 6.68. The normalized spacial score (nSPS) is 12.7. The second-order valence-corrected chi connectivity index (χ2v) is 5.13. The summed E-state index contributed by atoms with van der Waals surface area (Å²) in [5, 5.41) is 0. The van der Waals surface area contributed by atoms with Gasteiger partial charge in [0.1, 0.15) is 5.84 Å². The van der Waals surface area contributed by atoms with Crippen molar-refractivity contribution in [2.45, 2.75) is 0 Å². The molecule has 5 nitrogen and oxygen atoms in total. The van der Waals surface area contributed by atoms with E-state index in [0.29, 0.717) is 12.4 Å². The van der Waals surface area contributed by atoms with Gasteiger partial charge in [0.25, 0.3) is 0 Å². The number of hydrogen-bond donors (Lipinski definition) is 2. The molecule has 0 unspecified atom stereocenters. The largest absolute Gasteiger partial charge is 0.384 e. The molecule has 1 aromatic rings. The average Bonchev–Trinajstić information content (AvgIpc) is 2.24. The summed E-state index contributed by atoms with van der Waals surface area (Å²) in [5.74, 6) is 0.413. The van der Waals surface area contributed by atoms with Crippen LogP contribution in [0.15, 0.2) is 35.3 Å². The Balaban J connectivity index is 2.47. The number of sulfonamides is 1. The molecule has 0 saturated heterocycles. The van der Waals surface area contributed by atoms with E-state index >= 15 is 0 Å². The van der Waals surface area contributed by atoms with Crippen LogP contribution in [0.2, 0.25) is 0 Å². The molecule has 16 heavy (non-hydrogen) atoms. The van der Waals surface area contributed by atoms with Crippen LogP contribution in [0.5, 0.6) is 0 Å². The van der Waals surface area contributed by atoms with E-state index in [2.05, 4.69) is 9.71 Å². The summed E-state index contributed by atoms with van der Waals surface area (Å²) in [6.45, 7) is 0.583. The molecular formula is C10H15N3O2S. The Morgan fingerprint density at radius 1 is 1.38 bits per heavy atom. The number of hydrogen-bond acceptors (Lipinski definition) is 3. The number of amidine groups is 1. The molecule has 0 saturated carbocycles. The van der Waals surface area contributed by atoms with Crippen molar-refractivity contribution in [3.63, 3.8) is 0 Å². The van der Waals surface area contributed by atoms with Crippen molar-refractivity contribution in [3.8, 4) is 0 Å². The zero-order valence-corrected chi connectivity index (χ0v) is 9.87. The minimum Gasteiger partial charge on any atom is -0.384 e. The molecule has 0 amide bonds. The van der Waals surface area contributed by atoms with E-state index in [4.69, 9.17) is 5.73 Å². The van der Waals surface area contributed by atoms with E-state index in [9.17, 15) is 8.42 Å². The number of aliphatic imine (C=N–C) groups is 1. The van der Waals surface area contributed by atoms with Crippen LogP contribution in [0.1, 0.15) is 5.56 Å². The Morgan fingerprint density at radius 3 is 2.56 bits per heavy atom. The second kappa shape index (κ2) is 5.62. The summed E-state index contributed by atoms with van der Waals surface area (Å²) < 4.78 is 23.8. The first-order chi connectivity index (χ1) is 7.49. The van der Waals surface area contributed by atoms with Gasteiger partial charge >= 0.3 is 0 Å². The van der Waals surface area contributed by atoms with E-state index in [0.717, 1.165) is 11.8 Å². The monoisotopic (exact) mass is 241 g/mol. The van der Waals surface area contributed by atoms with Gasteiger partial charge in [-0.2, -0.15) is 0 Å². The molecule has 0 aliphatic carbocycles. The van der Waals surface area contributed by atoms with Crippen LogP contribution in [0.3, 0.4) is 0 Å². The Morgan fingerprint density at radius 2 is 2.00 bits per heavy atom. The van der Waals surface area contributed by atoms with Crippen molar-refractivity contribution < 1.29 is 8.42 Å². The first-order valence-electron chi connectivity index (χ1n) is 4.79. The van der Waals surface area contributed by atoms with Crippen molar-refractivity contribution >= 4 is 15.9 Å². The number of rotatable bonds is 5. The molecule has 0 bridgehead atoms. The fourth-order valence-electron chi connectivity index (χ4n) is 1.11. The highest BCUT2D eigenvalue weighted by molar-refractivity contribution is 7.88. The molecule has 0 spiro atoms. The highest BCUT2D eigenvalue weighted by Crippen LogP contribution is 1.97. The lowest BCUT2D eigenvalue weighted by Gasteiger charge is -2.01. The van der Waals surface area contributed by atoms with Crippen LogP contribution in [-0.4, -0.2) is 33.6 Å². The van der Waals surface area contributed by atoms with Gasteiger partial charge in [-0.05, 0) is 0 Å². The zero-order valence-electron chi connectivity index (χ0n) is 9.05. The Bertz CT molecular complexity index is 454. The van der Waals surface area contributed by atoms with E-state index in [1.165, 1.54) is 0 Å². The number of nitrogens with one attached hydrogen (secondary N) is 1. The van der Waals surface area contributed by atoms with Gasteiger partial charge in [-0.1, -0.05) is 30.3 Å². The van der Waals surface area contributed by atoms with Gasteiger partial charge in [0, 0.05) is 12.1 Å². The zero-order chi connectivity index (χ0) is 12.0. The lowest BCUT2D eigenvalue weighted by Crippen LogP contribution is -2.25. The Hall–Kier alpha value is -1.40. The molecule has 0 radical (unpaired) electrons. The third kappa shape index (κ3) is 4.90. The predicted octanol–water partition coefficient (Wildman–Crippen LogP) is -0.0589. The molecular weight excluding hydrogens is 226 g/mol. The molecule has 88 valence electrons. The van der Waals surface area contributed by atoms with Crippen molar-refractivity contribution in [1.82, 2.24) is 4.72 Å². The smallest absolute Gasteiger partial charge is 0.208 e. The lowest BCUT2D eigenvalue weighted by atomic mass is 10.2. The standard InChI is InChI=1S/C10H15N3O2S/c1-16(14,15)13-8-7-12-10(11)9-5-3-2-4-6-9/h2-6,13H,7-8H2,1H3,(H2,11,12). The van der Waals surface area contributed by atoms with Crippen LogP contribution in [0, 0.1) is 0 Å². The van der Waals surface area contributed by atoms with Gasteiger partial charge in [-0.25, -0.2) is 13.1 Å². The lowest BCUT2D eigenvalue weighted by molar-refractivity contribution is 0.588. The summed E-state index contributed by atoms with van der Waals surface area (Å²) in [7, 11) is -3.15. The van der Waals surface area contributed by atoms with Crippen molar-refractivity contribution in [1.29, 1.82) is 0 Å². The summed E-state index contributed by atoms with van der Waals surface area (Å²) in [6, 6.07) is 9.33. The molecule has 3 N–H and O–H groups in total. The maximum Gasteiger partial charge on any atom is 0.208 e. The minimum absolute atomic E-state index is 0.256. The average molecular weight is 241 g/mol. The molecule has 6 heteroatoms. The summed E-state index contributed by atoms with van der Waals surface area (Å²) in [6.07, 6.45) is 1.11. The highest BCUT2D eigenvalue weighted by atomic mass is 32.2. The van der Waals surface area contributed by atoms with Gasteiger partial charge in [0.2, 0.25) is 10.0 Å². The number of nitrogens with zero attached hydrogens (tertiary/aromatic N) is 1. The number of benzene rings is 1. The molecule has 1 rings (SSSR count). The summed E-state index contributed by atoms with van der Waals surface area (Å²) in [5.41, 5.74) is 6.55. The van der Waals surface area contributed by atoms with Gasteiger partial charge < -0.3 is 5.73 Å². The first kappa shape index (κ1) is 12.7. The van der Waals surface area contributed by atoms with Crippen LogP contribution in [0.25, 0.3) is 0 Å².